The summed E-state index contributed by atoms with van der Waals surface area (Å²) >= 11 is 0. The summed E-state index contributed by atoms with van der Waals surface area (Å²) in [6, 6.07) is 28.6. The quantitative estimate of drug-likeness (QED) is 0.553. The van der Waals surface area contributed by atoms with Gasteiger partial charge >= 0.3 is 0 Å². The molecule has 0 unspecified atom stereocenters. The normalized spacial score (nSPS) is 10.7. The monoisotopic (exact) mass is 323 g/mol. The first kappa shape index (κ1) is 15.2. The number of aromatic nitrogens is 2. The van der Waals surface area contributed by atoms with E-state index in [1.807, 2.05) is 42.5 Å². The minimum atomic E-state index is 0.684. The van der Waals surface area contributed by atoms with Crippen LogP contribution in [0.5, 0.6) is 0 Å². The standard InChI is InChI=1S/C22H17N3/c23-15-18-10-12-19(13-11-18)16-25-21-9-5-4-8-20(21)24-22(25)14-17-6-2-1-3-7-17/h1-13H,14,16H2. The highest BCUT2D eigenvalue weighted by atomic mass is 15.1. The van der Waals surface area contributed by atoms with Crippen molar-refractivity contribution in [1.29, 1.82) is 5.26 Å². The van der Waals surface area contributed by atoms with E-state index < -0.39 is 0 Å². The van der Waals surface area contributed by atoms with Crippen LogP contribution in [0.15, 0.2) is 78.9 Å². The molecule has 0 saturated carbocycles. The molecule has 0 aliphatic heterocycles. The first-order chi connectivity index (χ1) is 12.3. The fourth-order valence-corrected chi connectivity index (χ4v) is 3.08. The van der Waals surface area contributed by atoms with Gasteiger partial charge in [-0.15, -0.1) is 0 Å². The molecule has 3 aromatic carbocycles. The molecule has 0 bridgehead atoms. The number of nitrogens with zero attached hydrogens (tertiary/aromatic N) is 3. The second-order valence-electron chi connectivity index (χ2n) is 6.07. The van der Waals surface area contributed by atoms with Gasteiger partial charge in [0, 0.05) is 13.0 Å². The summed E-state index contributed by atoms with van der Waals surface area (Å²) in [5, 5.41) is 8.97. The second-order valence-corrected chi connectivity index (χ2v) is 6.07. The van der Waals surface area contributed by atoms with Crippen LogP contribution in [-0.4, -0.2) is 9.55 Å². The topological polar surface area (TPSA) is 41.6 Å². The molecule has 3 nitrogen and oxygen atoms in total. The summed E-state index contributed by atoms with van der Waals surface area (Å²) in [5.41, 5.74) is 5.25. The molecular formula is C22H17N3. The van der Waals surface area contributed by atoms with Crippen LogP contribution in [0.3, 0.4) is 0 Å². The van der Waals surface area contributed by atoms with E-state index in [1.165, 1.54) is 5.56 Å². The van der Waals surface area contributed by atoms with E-state index in [-0.39, 0.29) is 0 Å². The molecule has 0 radical (unpaired) electrons. The third-order valence-corrected chi connectivity index (χ3v) is 4.36. The van der Waals surface area contributed by atoms with Crippen LogP contribution in [0.4, 0.5) is 0 Å². The zero-order valence-electron chi connectivity index (χ0n) is 13.8. The van der Waals surface area contributed by atoms with E-state index in [4.69, 9.17) is 10.2 Å². The molecule has 0 atom stereocenters. The highest BCUT2D eigenvalue weighted by Crippen LogP contribution is 2.20. The molecule has 0 saturated heterocycles. The Kier molecular flexibility index (Phi) is 4.02. The van der Waals surface area contributed by atoms with Crippen LogP contribution in [0, 0.1) is 11.3 Å². The lowest BCUT2D eigenvalue weighted by Gasteiger charge is -2.10. The van der Waals surface area contributed by atoms with Crippen LogP contribution < -0.4 is 0 Å². The molecule has 25 heavy (non-hydrogen) atoms. The predicted molar refractivity (Wildman–Crippen MR) is 99.2 cm³/mol. The van der Waals surface area contributed by atoms with Crippen LogP contribution in [-0.2, 0) is 13.0 Å². The van der Waals surface area contributed by atoms with Crippen molar-refractivity contribution in [2.24, 2.45) is 0 Å². The van der Waals surface area contributed by atoms with Gasteiger partial charge < -0.3 is 4.57 Å². The van der Waals surface area contributed by atoms with Gasteiger partial charge in [-0.2, -0.15) is 5.26 Å². The Labute approximate surface area is 146 Å². The lowest BCUT2D eigenvalue weighted by molar-refractivity contribution is 0.762. The largest absolute Gasteiger partial charge is 0.323 e. The number of hydrogen-bond acceptors (Lipinski definition) is 2. The first-order valence-corrected chi connectivity index (χ1v) is 8.30. The molecule has 120 valence electrons. The van der Waals surface area contributed by atoms with E-state index in [0.717, 1.165) is 35.4 Å². The highest BCUT2D eigenvalue weighted by Gasteiger charge is 2.11. The Balaban J connectivity index is 1.74. The molecule has 0 aliphatic carbocycles. The molecule has 0 aliphatic rings. The van der Waals surface area contributed by atoms with E-state index >= 15 is 0 Å². The van der Waals surface area contributed by atoms with Gasteiger partial charge in [-0.05, 0) is 35.4 Å². The third kappa shape index (κ3) is 3.15. The highest BCUT2D eigenvalue weighted by molar-refractivity contribution is 5.76. The third-order valence-electron chi connectivity index (χ3n) is 4.36. The molecule has 4 rings (SSSR count). The lowest BCUT2D eigenvalue weighted by atomic mass is 10.1. The number of imidazole rings is 1. The number of hydrogen-bond donors (Lipinski definition) is 0. The van der Waals surface area contributed by atoms with Gasteiger partial charge in [0.1, 0.15) is 5.82 Å². The fraction of sp³-hybridized carbons (Fsp3) is 0.0909. The predicted octanol–water partition coefficient (Wildman–Crippen LogP) is 4.55. The molecule has 0 fully saturated rings. The van der Waals surface area contributed by atoms with Gasteiger partial charge in [0.15, 0.2) is 0 Å². The van der Waals surface area contributed by atoms with E-state index in [2.05, 4.69) is 47.0 Å². The lowest BCUT2D eigenvalue weighted by Crippen LogP contribution is -2.06. The number of nitriles is 1. The minimum absolute atomic E-state index is 0.684. The number of para-hydroxylation sites is 2. The summed E-state index contributed by atoms with van der Waals surface area (Å²) in [5.74, 6) is 1.05. The average molecular weight is 323 g/mol. The second kappa shape index (κ2) is 6.62. The van der Waals surface area contributed by atoms with Crippen molar-refractivity contribution in [3.05, 3.63) is 101 Å². The molecule has 3 heteroatoms. The zero-order chi connectivity index (χ0) is 17.1. The smallest absolute Gasteiger partial charge is 0.114 e. The Morgan fingerprint density at radius 2 is 1.52 bits per heavy atom. The summed E-state index contributed by atoms with van der Waals surface area (Å²) in [7, 11) is 0. The molecule has 0 N–H and O–H groups in total. The molecule has 0 spiro atoms. The van der Waals surface area contributed by atoms with Crippen LogP contribution >= 0.6 is 0 Å². The SMILES string of the molecule is N#Cc1ccc(Cn2c(Cc3ccccc3)nc3ccccc32)cc1. The van der Waals surface area contributed by atoms with Crippen LogP contribution in [0.2, 0.25) is 0 Å². The Hall–Kier alpha value is -3.38. The number of fused-ring (bicyclic) bond motifs is 1. The van der Waals surface area contributed by atoms with Gasteiger partial charge in [-0.25, -0.2) is 4.98 Å². The summed E-state index contributed by atoms with van der Waals surface area (Å²) < 4.78 is 2.27. The molecule has 4 aromatic rings. The van der Waals surface area contributed by atoms with E-state index in [1.54, 1.807) is 0 Å². The zero-order valence-corrected chi connectivity index (χ0v) is 13.8. The maximum absolute atomic E-state index is 8.97. The summed E-state index contributed by atoms with van der Waals surface area (Å²) in [4.78, 5) is 4.85. The van der Waals surface area contributed by atoms with Gasteiger partial charge in [-0.3, -0.25) is 0 Å². The number of rotatable bonds is 4. The van der Waals surface area contributed by atoms with Gasteiger partial charge in [0.25, 0.3) is 0 Å². The Morgan fingerprint density at radius 1 is 0.800 bits per heavy atom. The van der Waals surface area contributed by atoms with Crippen molar-refractivity contribution in [3.8, 4) is 6.07 Å². The Morgan fingerprint density at radius 3 is 2.28 bits per heavy atom. The first-order valence-electron chi connectivity index (χ1n) is 8.30. The Bertz CT molecular complexity index is 1040. The number of benzene rings is 3. The van der Waals surface area contributed by atoms with Gasteiger partial charge in [0.2, 0.25) is 0 Å². The van der Waals surface area contributed by atoms with Crippen molar-refractivity contribution in [2.45, 2.75) is 13.0 Å². The average Bonchev–Trinajstić information content (AvgIpc) is 3.00. The van der Waals surface area contributed by atoms with Crippen molar-refractivity contribution in [1.82, 2.24) is 9.55 Å². The summed E-state index contributed by atoms with van der Waals surface area (Å²) in [6.45, 7) is 0.744. The van der Waals surface area contributed by atoms with Crippen molar-refractivity contribution in [2.75, 3.05) is 0 Å². The van der Waals surface area contributed by atoms with Gasteiger partial charge in [-0.1, -0.05) is 54.6 Å². The molecular weight excluding hydrogens is 306 g/mol. The van der Waals surface area contributed by atoms with Crippen molar-refractivity contribution in [3.63, 3.8) is 0 Å². The van der Waals surface area contributed by atoms with Crippen LogP contribution in [0.1, 0.15) is 22.5 Å². The molecule has 0 amide bonds. The fourth-order valence-electron chi connectivity index (χ4n) is 3.08. The molecule has 1 aromatic heterocycles. The van der Waals surface area contributed by atoms with Gasteiger partial charge in [0.05, 0.1) is 22.7 Å². The maximum atomic E-state index is 8.97. The summed E-state index contributed by atoms with van der Waals surface area (Å²) in [6.07, 6.45) is 0.797. The van der Waals surface area contributed by atoms with E-state index in [0.29, 0.717) is 5.56 Å². The van der Waals surface area contributed by atoms with Crippen LogP contribution in [0.25, 0.3) is 11.0 Å². The minimum Gasteiger partial charge on any atom is -0.323 e. The maximum Gasteiger partial charge on any atom is 0.114 e. The van der Waals surface area contributed by atoms with Crippen molar-refractivity contribution >= 4 is 11.0 Å². The van der Waals surface area contributed by atoms with Crippen molar-refractivity contribution < 1.29 is 0 Å². The molecule has 1 heterocycles. The van der Waals surface area contributed by atoms with E-state index in [9.17, 15) is 0 Å².